The number of nitrogens with one attached hydrogen (secondary N) is 2. The smallest absolute Gasteiger partial charge is 0.136 e. The van der Waals surface area contributed by atoms with Gasteiger partial charge in [-0.2, -0.15) is 0 Å². The highest BCUT2D eigenvalue weighted by Gasteiger charge is 2.04. The predicted octanol–water partition coefficient (Wildman–Crippen LogP) is 3.66. The van der Waals surface area contributed by atoms with Gasteiger partial charge in [-0.25, -0.2) is 9.97 Å². The third kappa shape index (κ3) is 4.62. The molecule has 1 heterocycles. The van der Waals surface area contributed by atoms with Crippen molar-refractivity contribution in [2.75, 3.05) is 36.2 Å². The molecule has 2 aromatic rings. The molecule has 0 aliphatic heterocycles. The average molecular weight is 299 g/mol. The van der Waals surface area contributed by atoms with Crippen LogP contribution in [-0.2, 0) is 0 Å². The van der Waals surface area contributed by atoms with Crippen molar-refractivity contribution in [2.45, 2.75) is 20.8 Å². The Morgan fingerprint density at radius 1 is 1.05 bits per heavy atom. The SMILES string of the molecule is Cc1nc(NCC(C)C)cc(Nc2ccc(N(C)C)cc2)n1. The van der Waals surface area contributed by atoms with Gasteiger partial charge in [0.2, 0.25) is 0 Å². The van der Waals surface area contributed by atoms with Crippen LogP contribution in [0.5, 0.6) is 0 Å². The van der Waals surface area contributed by atoms with Crippen LogP contribution < -0.4 is 15.5 Å². The summed E-state index contributed by atoms with van der Waals surface area (Å²) in [6.07, 6.45) is 0. The normalized spacial score (nSPS) is 10.6. The van der Waals surface area contributed by atoms with Crippen molar-refractivity contribution in [1.29, 1.82) is 0 Å². The topological polar surface area (TPSA) is 53.1 Å². The van der Waals surface area contributed by atoms with Crippen LogP contribution in [0.1, 0.15) is 19.7 Å². The molecule has 118 valence electrons. The first-order chi connectivity index (χ1) is 10.4. The number of anilines is 4. The van der Waals surface area contributed by atoms with Crippen molar-refractivity contribution in [1.82, 2.24) is 9.97 Å². The van der Waals surface area contributed by atoms with Crippen molar-refractivity contribution in [3.05, 3.63) is 36.2 Å². The van der Waals surface area contributed by atoms with Crippen LogP contribution in [0, 0.1) is 12.8 Å². The average Bonchev–Trinajstić information content (AvgIpc) is 2.45. The van der Waals surface area contributed by atoms with E-state index in [1.807, 2.05) is 39.2 Å². The fraction of sp³-hybridized carbons (Fsp3) is 0.412. The van der Waals surface area contributed by atoms with E-state index >= 15 is 0 Å². The van der Waals surface area contributed by atoms with Gasteiger partial charge < -0.3 is 15.5 Å². The lowest BCUT2D eigenvalue weighted by molar-refractivity contribution is 0.686. The molecule has 22 heavy (non-hydrogen) atoms. The first-order valence-electron chi connectivity index (χ1n) is 7.58. The van der Waals surface area contributed by atoms with Gasteiger partial charge in [0.15, 0.2) is 0 Å². The van der Waals surface area contributed by atoms with Crippen LogP contribution in [0.4, 0.5) is 23.0 Å². The summed E-state index contributed by atoms with van der Waals surface area (Å²) in [5, 5.41) is 6.67. The van der Waals surface area contributed by atoms with E-state index < -0.39 is 0 Å². The number of aromatic nitrogens is 2. The van der Waals surface area contributed by atoms with Gasteiger partial charge in [-0.05, 0) is 37.1 Å². The predicted molar refractivity (Wildman–Crippen MR) is 94.1 cm³/mol. The van der Waals surface area contributed by atoms with Crippen molar-refractivity contribution in [3.63, 3.8) is 0 Å². The van der Waals surface area contributed by atoms with Crippen molar-refractivity contribution in [2.24, 2.45) is 5.92 Å². The molecule has 0 bridgehead atoms. The minimum Gasteiger partial charge on any atom is -0.378 e. The second-order valence-electron chi connectivity index (χ2n) is 6.03. The molecule has 2 rings (SSSR count). The van der Waals surface area contributed by atoms with E-state index in [0.29, 0.717) is 5.92 Å². The molecule has 2 N–H and O–H groups in total. The summed E-state index contributed by atoms with van der Waals surface area (Å²) in [7, 11) is 4.06. The Morgan fingerprint density at radius 3 is 2.27 bits per heavy atom. The highest BCUT2D eigenvalue weighted by atomic mass is 15.1. The van der Waals surface area contributed by atoms with E-state index in [-0.39, 0.29) is 0 Å². The first kappa shape index (κ1) is 16.1. The Balaban J connectivity index is 2.11. The fourth-order valence-electron chi connectivity index (χ4n) is 2.02. The summed E-state index contributed by atoms with van der Waals surface area (Å²) < 4.78 is 0. The first-order valence-corrected chi connectivity index (χ1v) is 7.58. The minimum absolute atomic E-state index is 0.574. The molecule has 5 heteroatoms. The van der Waals surface area contributed by atoms with Crippen molar-refractivity contribution < 1.29 is 0 Å². The molecule has 0 fully saturated rings. The monoisotopic (exact) mass is 299 g/mol. The molecule has 0 aliphatic carbocycles. The third-order valence-electron chi connectivity index (χ3n) is 3.19. The zero-order valence-corrected chi connectivity index (χ0v) is 14.0. The van der Waals surface area contributed by atoms with Crippen LogP contribution in [-0.4, -0.2) is 30.6 Å². The Kier molecular flexibility index (Phi) is 5.20. The second-order valence-corrected chi connectivity index (χ2v) is 6.03. The van der Waals surface area contributed by atoms with Gasteiger partial charge in [0.05, 0.1) is 0 Å². The van der Waals surface area contributed by atoms with Crippen LogP contribution in [0.25, 0.3) is 0 Å². The van der Waals surface area contributed by atoms with E-state index in [1.54, 1.807) is 0 Å². The van der Waals surface area contributed by atoms with E-state index in [0.717, 1.165) is 29.7 Å². The molecule has 0 atom stereocenters. The molecule has 0 spiro atoms. The molecule has 1 aromatic carbocycles. The van der Waals surface area contributed by atoms with Gasteiger partial charge in [-0.1, -0.05) is 13.8 Å². The van der Waals surface area contributed by atoms with Gasteiger partial charge in [0.1, 0.15) is 17.5 Å². The molecule has 0 amide bonds. The van der Waals surface area contributed by atoms with E-state index in [2.05, 4.69) is 51.5 Å². The highest BCUT2D eigenvalue weighted by molar-refractivity contribution is 5.62. The third-order valence-corrected chi connectivity index (χ3v) is 3.19. The zero-order chi connectivity index (χ0) is 16.1. The van der Waals surface area contributed by atoms with E-state index in [4.69, 9.17) is 0 Å². The quantitative estimate of drug-likeness (QED) is 0.852. The summed E-state index contributed by atoms with van der Waals surface area (Å²) in [5.41, 5.74) is 2.18. The maximum Gasteiger partial charge on any atom is 0.136 e. The Morgan fingerprint density at radius 2 is 1.68 bits per heavy atom. The summed E-state index contributed by atoms with van der Waals surface area (Å²) >= 11 is 0. The zero-order valence-electron chi connectivity index (χ0n) is 14.0. The number of hydrogen-bond donors (Lipinski definition) is 2. The fourth-order valence-corrected chi connectivity index (χ4v) is 2.02. The Hall–Kier alpha value is -2.30. The maximum atomic E-state index is 4.44. The van der Waals surface area contributed by atoms with Gasteiger partial charge in [-0.15, -0.1) is 0 Å². The Bertz CT molecular complexity index is 605. The van der Waals surface area contributed by atoms with Gasteiger partial charge in [0, 0.05) is 38.1 Å². The molecule has 0 unspecified atom stereocenters. The lowest BCUT2D eigenvalue weighted by Crippen LogP contribution is -2.10. The number of benzene rings is 1. The minimum atomic E-state index is 0.574. The lowest BCUT2D eigenvalue weighted by Gasteiger charge is -2.14. The van der Waals surface area contributed by atoms with Crippen LogP contribution in [0.15, 0.2) is 30.3 Å². The number of aryl methyl sites for hydroxylation is 1. The molecule has 1 aromatic heterocycles. The maximum absolute atomic E-state index is 4.44. The number of nitrogens with zero attached hydrogens (tertiary/aromatic N) is 3. The van der Waals surface area contributed by atoms with E-state index in [9.17, 15) is 0 Å². The van der Waals surface area contributed by atoms with Crippen LogP contribution in [0.2, 0.25) is 0 Å². The summed E-state index contributed by atoms with van der Waals surface area (Å²) in [6, 6.07) is 10.2. The Labute approximate surface area is 132 Å². The largest absolute Gasteiger partial charge is 0.378 e. The molecular weight excluding hydrogens is 274 g/mol. The van der Waals surface area contributed by atoms with Gasteiger partial charge in [-0.3, -0.25) is 0 Å². The van der Waals surface area contributed by atoms with Gasteiger partial charge in [0.25, 0.3) is 0 Å². The number of rotatable bonds is 6. The molecule has 5 nitrogen and oxygen atoms in total. The van der Waals surface area contributed by atoms with E-state index in [1.165, 1.54) is 5.69 Å². The molecule has 0 aliphatic rings. The summed E-state index contributed by atoms with van der Waals surface area (Å²) in [5.74, 6) is 2.98. The van der Waals surface area contributed by atoms with Crippen LogP contribution >= 0.6 is 0 Å². The molecule has 0 radical (unpaired) electrons. The molecule has 0 saturated heterocycles. The molecular formula is C17H25N5. The lowest BCUT2D eigenvalue weighted by atomic mass is 10.2. The summed E-state index contributed by atoms with van der Waals surface area (Å²) in [6.45, 7) is 7.15. The van der Waals surface area contributed by atoms with Gasteiger partial charge >= 0.3 is 0 Å². The number of hydrogen-bond acceptors (Lipinski definition) is 5. The molecule has 0 saturated carbocycles. The summed E-state index contributed by atoms with van der Waals surface area (Å²) in [4.78, 5) is 10.9. The van der Waals surface area contributed by atoms with Crippen molar-refractivity contribution >= 4 is 23.0 Å². The van der Waals surface area contributed by atoms with Crippen molar-refractivity contribution in [3.8, 4) is 0 Å². The highest BCUT2D eigenvalue weighted by Crippen LogP contribution is 2.20. The second kappa shape index (κ2) is 7.11. The standard InChI is InChI=1S/C17H25N5/c1-12(2)11-18-16-10-17(20-13(3)19-16)21-14-6-8-15(9-7-14)22(4)5/h6-10,12H,11H2,1-5H3,(H2,18,19,20,21). The van der Waals surface area contributed by atoms with Crippen LogP contribution in [0.3, 0.4) is 0 Å².